The lowest BCUT2D eigenvalue weighted by molar-refractivity contribution is -0.147. The monoisotopic (exact) mass is 239 g/mol. The Bertz CT molecular complexity index is 324. The maximum atomic E-state index is 12.5. The van der Waals surface area contributed by atoms with Crippen molar-refractivity contribution in [2.45, 2.75) is 50.6 Å². The second kappa shape index (κ2) is 4.64. The number of rotatable bonds is 2. The van der Waals surface area contributed by atoms with E-state index in [1.807, 2.05) is 6.92 Å². The van der Waals surface area contributed by atoms with E-state index in [0.29, 0.717) is 19.5 Å². The van der Waals surface area contributed by atoms with Crippen LogP contribution in [0.3, 0.4) is 0 Å². The Hall–Kier alpha value is -1.10. The molecule has 1 unspecified atom stereocenters. The molecule has 2 aliphatic rings. The quantitative estimate of drug-likeness (QED) is 0.712. The van der Waals surface area contributed by atoms with Crippen molar-refractivity contribution in [3.05, 3.63) is 0 Å². The van der Waals surface area contributed by atoms with Crippen molar-refractivity contribution in [3.8, 4) is 0 Å². The summed E-state index contributed by atoms with van der Waals surface area (Å²) >= 11 is 0. The topological polar surface area (TPSA) is 75.4 Å². The third-order valence-corrected chi connectivity index (χ3v) is 3.90. The zero-order valence-electron chi connectivity index (χ0n) is 10.4. The third-order valence-electron chi connectivity index (χ3n) is 3.90. The zero-order valence-corrected chi connectivity index (χ0v) is 10.4. The summed E-state index contributed by atoms with van der Waals surface area (Å²) in [6.45, 7) is 3.05. The van der Waals surface area contributed by atoms with E-state index in [9.17, 15) is 9.59 Å². The van der Waals surface area contributed by atoms with Crippen LogP contribution in [0.5, 0.6) is 0 Å². The molecule has 1 aliphatic carbocycles. The fourth-order valence-corrected chi connectivity index (χ4v) is 2.87. The molecule has 2 fully saturated rings. The molecular formula is C12H21N3O2. The minimum absolute atomic E-state index is 0.0308. The van der Waals surface area contributed by atoms with Gasteiger partial charge in [0.1, 0.15) is 6.04 Å². The summed E-state index contributed by atoms with van der Waals surface area (Å²) in [5.41, 5.74) is 5.46. The second-order valence-electron chi connectivity index (χ2n) is 5.08. The van der Waals surface area contributed by atoms with Crippen LogP contribution in [0.15, 0.2) is 0 Å². The van der Waals surface area contributed by atoms with Crippen molar-refractivity contribution in [3.63, 3.8) is 0 Å². The minimum atomic E-state index is -0.717. The van der Waals surface area contributed by atoms with Crippen molar-refractivity contribution >= 4 is 11.8 Å². The predicted molar refractivity (Wildman–Crippen MR) is 64.2 cm³/mol. The normalized spacial score (nSPS) is 28.0. The van der Waals surface area contributed by atoms with E-state index in [1.54, 1.807) is 4.90 Å². The first kappa shape index (κ1) is 12.4. The minimum Gasteiger partial charge on any atom is -0.353 e. The number of piperazine rings is 1. The number of carbonyl (C=O) groups is 2. The van der Waals surface area contributed by atoms with Gasteiger partial charge in [0.25, 0.3) is 0 Å². The third kappa shape index (κ3) is 2.16. The van der Waals surface area contributed by atoms with Crippen molar-refractivity contribution in [1.29, 1.82) is 0 Å². The maximum Gasteiger partial charge on any atom is 0.243 e. The standard InChI is InChI=1S/C12H21N3O2/c1-2-9-10(16)14-7-8-15(9)11(17)12(13)5-3-4-6-12/h9H,2-8,13H2,1H3,(H,14,16). The molecule has 0 aromatic rings. The van der Waals surface area contributed by atoms with Gasteiger partial charge in [-0.2, -0.15) is 0 Å². The first-order valence-corrected chi connectivity index (χ1v) is 6.46. The Morgan fingerprint density at radius 1 is 1.53 bits per heavy atom. The van der Waals surface area contributed by atoms with Gasteiger partial charge in [-0.25, -0.2) is 0 Å². The van der Waals surface area contributed by atoms with Crippen LogP contribution in [-0.4, -0.2) is 41.4 Å². The Labute approximate surface area is 102 Å². The lowest BCUT2D eigenvalue weighted by Gasteiger charge is -2.39. The van der Waals surface area contributed by atoms with Gasteiger partial charge in [0.05, 0.1) is 5.54 Å². The van der Waals surface area contributed by atoms with Gasteiger partial charge in [-0.05, 0) is 19.3 Å². The molecule has 5 heteroatoms. The lowest BCUT2D eigenvalue weighted by Crippen LogP contribution is -2.63. The highest BCUT2D eigenvalue weighted by Crippen LogP contribution is 2.30. The molecule has 5 nitrogen and oxygen atoms in total. The number of hydrogen-bond donors (Lipinski definition) is 2. The summed E-state index contributed by atoms with van der Waals surface area (Å²) in [7, 11) is 0. The van der Waals surface area contributed by atoms with Crippen LogP contribution in [0.2, 0.25) is 0 Å². The van der Waals surface area contributed by atoms with Crippen LogP contribution in [0, 0.1) is 0 Å². The van der Waals surface area contributed by atoms with E-state index in [-0.39, 0.29) is 17.9 Å². The van der Waals surface area contributed by atoms with Gasteiger partial charge in [0, 0.05) is 13.1 Å². The molecule has 1 saturated heterocycles. The summed E-state index contributed by atoms with van der Waals surface area (Å²) in [5, 5.41) is 2.80. The van der Waals surface area contributed by atoms with Crippen LogP contribution >= 0.6 is 0 Å². The number of amides is 2. The Morgan fingerprint density at radius 3 is 2.76 bits per heavy atom. The number of hydrogen-bond acceptors (Lipinski definition) is 3. The summed E-state index contributed by atoms with van der Waals surface area (Å²) < 4.78 is 0. The fraction of sp³-hybridized carbons (Fsp3) is 0.833. The molecule has 2 rings (SSSR count). The van der Waals surface area contributed by atoms with Crippen LogP contribution in [0.25, 0.3) is 0 Å². The molecule has 2 amide bonds. The van der Waals surface area contributed by atoms with Crippen LogP contribution in [0.1, 0.15) is 39.0 Å². The molecule has 0 aromatic heterocycles. The van der Waals surface area contributed by atoms with Crippen LogP contribution < -0.4 is 11.1 Å². The second-order valence-corrected chi connectivity index (χ2v) is 5.08. The van der Waals surface area contributed by atoms with Crippen molar-refractivity contribution in [1.82, 2.24) is 10.2 Å². The van der Waals surface area contributed by atoms with Crippen molar-refractivity contribution < 1.29 is 9.59 Å². The van der Waals surface area contributed by atoms with E-state index in [1.165, 1.54) is 0 Å². The van der Waals surface area contributed by atoms with E-state index >= 15 is 0 Å². The van der Waals surface area contributed by atoms with E-state index < -0.39 is 5.54 Å². The summed E-state index contributed by atoms with van der Waals surface area (Å²) in [6, 6.07) is -0.336. The number of nitrogens with one attached hydrogen (secondary N) is 1. The molecule has 1 saturated carbocycles. The number of nitrogens with two attached hydrogens (primary N) is 1. The largest absolute Gasteiger partial charge is 0.353 e. The highest BCUT2D eigenvalue weighted by atomic mass is 16.2. The summed E-state index contributed by atoms with van der Waals surface area (Å²) in [4.78, 5) is 25.9. The van der Waals surface area contributed by atoms with Gasteiger partial charge in [-0.15, -0.1) is 0 Å². The molecule has 0 radical (unpaired) electrons. The smallest absolute Gasteiger partial charge is 0.243 e. The molecule has 17 heavy (non-hydrogen) atoms. The van der Waals surface area contributed by atoms with E-state index in [4.69, 9.17) is 5.73 Å². The van der Waals surface area contributed by atoms with Gasteiger partial charge in [-0.3, -0.25) is 9.59 Å². The Kier molecular flexibility index (Phi) is 3.38. The maximum absolute atomic E-state index is 12.5. The summed E-state index contributed by atoms with van der Waals surface area (Å²) in [5.74, 6) is -0.0783. The van der Waals surface area contributed by atoms with Crippen molar-refractivity contribution in [2.24, 2.45) is 5.73 Å². The van der Waals surface area contributed by atoms with Gasteiger partial charge in [-0.1, -0.05) is 19.8 Å². The molecule has 96 valence electrons. The summed E-state index contributed by atoms with van der Waals surface area (Å²) in [6.07, 6.45) is 4.17. The molecule has 0 aromatic carbocycles. The first-order valence-electron chi connectivity index (χ1n) is 6.46. The van der Waals surface area contributed by atoms with Gasteiger partial charge < -0.3 is 16.0 Å². The molecule has 3 N–H and O–H groups in total. The fourth-order valence-electron chi connectivity index (χ4n) is 2.87. The number of carbonyl (C=O) groups excluding carboxylic acids is 2. The van der Waals surface area contributed by atoms with Crippen LogP contribution in [-0.2, 0) is 9.59 Å². The van der Waals surface area contributed by atoms with Gasteiger partial charge >= 0.3 is 0 Å². The number of nitrogens with zero attached hydrogens (tertiary/aromatic N) is 1. The Morgan fingerprint density at radius 2 is 2.18 bits per heavy atom. The first-order chi connectivity index (χ1) is 8.08. The van der Waals surface area contributed by atoms with E-state index in [0.717, 1.165) is 25.7 Å². The highest BCUT2D eigenvalue weighted by Gasteiger charge is 2.43. The molecule has 1 heterocycles. The van der Waals surface area contributed by atoms with Gasteiger partial charge in [0.2, 0.25) is 11.8 Å². The highest BCUT2D eigenvalue weighted by molar-refractivity contribution is 5.93. The lowest BCUT2D eigenvalue weighted by atomic mass is 9.95. The predicted octanol–water partition coefficient (Wildman–Crippen LogP) is -0.00510. The average Bonchev–Trinajstić information content (AvgIpc) is 2.76. The van der Waals surface area contributed by atoms with Crippen LogP contribution in [0.4, 0.5) is 0 Å². The Balaban J connectivity index is 2.14. The molecule has 0 spiro atoms. The zero-order chi connectivity index (χ0) is 12.5. The molecule has 0 bridgehead atoms. The molecular weight excluding hydrogens is 218 g/mol. The molecule has 1 atom stereocenters. The van der Waals surface area contributed by atoms with E-state index in [2.05, 4.69) is 5.32 Å². The SMILES string of the molecule is CCC1C(=O)NCCN1C(=O)C1(N)CCCC1. The van der Waals surface area contributed by atoms with Crippen molar-refractivity contribution in [2.75, 3.05) is 13.1 Å². The average molecular weight is 239 g/mol. The molecule has 1 aliphatic heterocycles. The van der Waals surface area contributed by atoms with Gasteiger partial charge in [0.15, 0.2) is 0 Å².